The summed E-state index contributed by atoms with van der Waals surface area (Å²) in [5, 5.41) is 7.36. The number of benzene rings is 2. The Bertz CT molecular complexity index is 781. The van der Waals surface area contributed by atoms with Crippen LogP contribution in [0.25, 0.3) is 0 Å². The molecule has 0 aromatic heterocycles. The van der Waals surface area contributed by atoms with E-state index in [1.165, 1.54) is 6.07 Å². The van der Waals surface area contributed by atoms with Crippen LogP contribution in [-0.4, -0.2) is 30.8 Å². The van der Waals surface area contributed by atoms with Crippen LogP contribution in [0, 0.1) is 5.82 Å². The second-order valence-corrected chi connectivity index (χ2v) is 5.04. The Labute approximate surface area is 143 Å². The number of hydrogen-bond acceptors (Lipinski definition) is 4. The van der Waals surface area contributed by atoms with Gasteiger partial charge in [0, 0.05) is 5.56 Å². The van der Waals surface area contributed by atoms with Crippen molar-refractivity contribution in [3.8, 4) is 0 Å². The lowest BCUT2D eigenvalue weighted by atomic mass is 10.2. The summed E-state index contributed by atoms with van der Waals surface area (Å²) in [7, 11) is 0. The van der Waals surface area contributed by atoms with Gasteiger partial charge in [0.25, 0.3) is 5.91 Å². The van der Waals surface area contributed by atoms with Crippen molar-refractivity contribution in [1.82, 2.24) is 5.32 Å². The number of halogens is 1. The van der Waals surface area contributed by atoms with E-state index < -0.39 is 23.5 Å². The van der Waals surface area contributed by atoms with Crippen LogP contribution in [0.15, 0.2) is 48.5 Å². The predicted octanol–water partition coefficient (Wildman–Crippen LogP) is 1.09. The second-order valence-electron chi connectivity index (χ2n) is 5.04. The Kier molecular flexibility index (Phi) is 6.19. The fourth-order valence-corrected chi connectivity index (χ4v) is 1.98. The van der Waals surface area contributed by atoms with Crippen LogP contribution in [0.3, 0.4) is 0 Å². The molecule has 7 nitrogen and oxygen atoms in total. The number of amides is 3. The van der Waals surface area contributed by atoms with Crippen molar-refractivity contribution in [2.24, 2.45) is 5.73 Å². The number of carbonyl (C=O) groups is 3. The van der Waals surface area contributed by atoms with Gasteiger partial charge >= 0.3 is 0 Å². The molecule has 25 heavy (non-hydrogen) atoms. The summed E-state index contributed by atoms with van der Waals surface area (Å²) in [5.74, 6) is -2.04. The topological polar surface area (TPSA) is 113 Å². The Morgan fingerprint density at radius 2 is 1.60 bits per heavy atom. The molecule has 0 saturated carbocycles. The summed E-state index contributed by atoms with van der Waals surface area (Å²) in [4.78, 5) is 35.2. The summed E-state index contributed by atoms with van der Waals surface area (Å²) in [5.41, 5.74) is 5.91. The minimum absolute atomic E-state index is 0.0817. The maximum absolute atomic E-state index is 13.3. The molecular weight excluding hydrogens is 327 g/mol. The van der Waals surface area contributed by atoms with Crippen LogP contribution in [0.1, 0.15) is 10.4 Å². The van der Waals surface area contributed by atoms with Gasteiger partial charge in [0.2, 0.25) is 11.8 Å². The molecule has 0 radical (unpaired) electrons. The van der Waals surface area contributed by atoms with E-state index in [-0.39, 0.29) is 24.5 Å². The number of nitrogens with one attached hydrogen (secondary N) is 3. The smallest absolute Gasteiger partial charge is 0.251 e. The normalized spacial score (nSPS) is 10.0. The SMILES string of the molecule is NCC(=O)Nc1cc(F)ccc1NC(=O)CNC(=O)c1ccccc1. The molecule has 3 amide bonds. The molecule has 0 aliphatic carbocycles. The number of hydrogen-bond donors (Lipinski definition) is 4. The van der Waals surface area contributed by atoms with E-state index in [9.17, 15) is 18.8 Å². The van der Waals surface area contributed by atoms with Crippen molar-refractivity contribution in [3.63, 3.8) is 0 Å². The molecule has 2 aromatic rings. The average Bonchev–Trinajstić information content (AvgIpc) is 2.62. The maximum Gasteiger partial charge on any atom is 0.251 e. The minimum Gasteiger partial charge on any atom is -0.343 e. The van der Waals surface area contributed by atoms with Crippen molar-refractivity contribution in [1.29, 1.82) is 0 Å². The van der Waals surface area contributed by atoms with Crippen molar-refractivity contribution in [2.45, 2.75) is 0 Å². The summed E-state index contributed by atoms with van der Waals surface area (Å²) in [6.07, 6.45) is 0. The standard InChI is InChI=1S/C17H17FN4O3/c18-12-6-7-13(14(8-12)22-15(23)9-19)21-16(24)10-20-17(25)11-4-2-1-3-5-11/h1-8H,9-10,19H2,(H,20,25)(H,21,24)(H,22,23). The molecule has 0 unspecified atom stereocenters. The molecule has 2 aromatic carbocycles. The monoisotopic (exact) mass is 344 g/mol. The number of carbonyl (C=O) groups excluding carboxylic acids is 3. The van der Waals surface area contributed by atoms with Crippen LogP contribution in [0.5, 0.6) is 0 Å². The first-order chi connectivity index (χ1) is 12.0. The van der Waals surface area contributed by atoms with Crippen LogP contribution >= 0.6 is 0 Å². The van der Waals surface area contributed by atoms with Gasteiger partial charge in [-0.1, -0.05) is 18.2 Å². The lowest BCUT2D eigenvalue weighted by Gasteiger charge is -2.12. The number of nitrogens with two attached hydrogens (primary N) is 1. The van der Waals surface area contributed by atoms with E-state index >= 15 is 0 Å². The van der Waals surface area contributed by atoms with Crippen LogP contribution in [-0.2, 0) is 9.59 Å². The summed E-state index contributed by atoms with van der Waals surface area (Å²) < 4.78 is 13.3. The molecule has 0 saturated heterocycles. The van der Waals surface area contributed by atoms with Crippen LogP contribution in [0.4, 0.5) is 15.8 Å². The van der Waals surface area contributed by atoms with Crippen molar-refractivity contribution >= 4 is 29.1 Å². The van der Waals surface area contributed by atoms with E-state index in [1.807, 2.05) is 0 Å². The molecule has 130 valence electrons. The van der Waals surface area contributed by atoms with E-state index in [0.29, 0.717) is 5.56 Å². The number of rotatable bonds is 6. The Hall–Kier alpha value is -3.26. The summed E-state index contributed by atoms with van der Waals surface area (Å²) in [6.45, 7) is -0.563. The highest BCUT2D eigenvalue weighted by Crippen LogP contribution is 2.22. The summed E-state index contributed by atoms with van der Waals surface area (Å²) in [6, 6.07) is 11.9. The van der Waals surface area contributed by atoms with Gasteiger partial charge < -0.3 is 21.7 Å². The van der Waals surface area contributed by atoms with E-state index in [0.717, 1.165) is 12.1 Å². The zero-order chi connectivity index (χ0) is 18.2. The van der Waals surface area contributed by atoms with Gasteiger partial charge in [-0.2, -0.15) is 0 Å². The highest BCUT2D eigenvalue weighted by atomic mass is 19.1. The first-order valence-corrected chi connectivity index (χ1v) is 7.42. The van der Waals surface area contributed by atoms with Crippen LogP contribution < -0.4 is 21.7 Å². The Balaban J connectivity index is 1.98. The third kappa shape index (κ3) is 5.40. The molecule has 2 rings (SSSR count). The molecule has 0 bridgehead atoms. The van der Waals surface area contributed by atoms with E-state index in [2.05, 4.69) is 16.0 Å². The first-order valence-electron chi connectivity index (χ1n) is 7.42. The van der Waals surface area contributed by atoms with Crippen LogP contribution in [0.2, 0.25) is 0 Å². The van der Waals surface area contributed by atoms with Gasteiger partial charge in [-0.3, -0.25) is 14.4 Å². The van der Waals surface area contributed by atoms with E-state index in [4.69, 9.17) is 5.73 Å². The Morgan fingerprint density at radius 3 is 2.28 bits per heavy atom. The zero-order valence-electron chi connectivity index (χ0n) is 13.2. The molecular formula is C17H17FN4O3. The lowest BCUT2D eigenvalue weighted by molar-refractivity contribution is -0.116. The first kappa shape index (κ1) is 18.1. The molecule has 0 heterocycles. The van der Waals surface area contributed by atoms with Crippen molar-refractivity contribution in [2.75, 3.05) is 23.7 Å². The lowest BCUT2D eigenvalue weighted by Crippen LogP contribution is -2.33. The van der Waals surface area contributed by atoms with Crippen molar-refractivity contribution in [3.05, 3.63) is 59.9 Å². The van der Waals surface area contributed by atoms with E-state index in [1.54, 1.807) is 30.3 Å². The Morgan fingerprint density at radius 1 is 0.920 bits per heavy atom. The quantitative estimate of drug-likeness (QED) is 0.628. The fraction of sp³-hybridized carbons (Fsp3) is 0.118. The predicted molar refractivity (Wildman–Crippen MR) is 91.5 cm³/mol. The molecule has 0 atom stereocenters. The molecule has 0 spiro atoms. The van der Waals surface area contributed by atoms with Gasteiger partial charge in [0.15, 0.2) is 0 Å². The number of anilines is 2. The third-order valence-corrected chi connectivity index (χ3v) is 3.16. The van der Waals surface area contributed by atoms with Gasteiger partial charge in [0.05, 0.1) is 24.5 Å². The summed E-state index contributed by atoms with van der Waals surface area (Å²) >= 11 is 0. The van der Waals surface area contributed by atoms with Gasteiger partial charge in [-0.05, 0) is 30.3 Å². The molecule has 0 aliphatic rings. The largest absolute Gasteiger partial charge is 0.343 e. The zero-order valence-corrected chi connectivity index (χ0v) is 13.2. The van der Waals surface area contributed by atoms with Gasteiger partial charge in [0.1, 0.15) is 5.82 Å². The fourth-order valence-electron chi connectivity index (χ4n) is 1.98. The maximum atomic E-state index is 13.3. The molecule has 0 fully saturated rings. The molecule has 8 heteroatoms. The molecule has 5 N–H and O–H groups in total. The average molecular weight is 344 g/mol. The third-order valence-electron chi connectivity index (χ3n) is 3.16. The second kappa shape index (κ2) is 8.55. The van der Waals surface area contributed by atoms with Gasteiger partial charge in [-0.15, -0.1) is 0 Å². The highest BCUT2D eigenvalue weighted by molar-refractivity contribution is 6.02. The minimum atomic E-state index is -0.581. The van der Waals surface area contributed by atoms with Crippen molar-refractivity contribution < 1.29 is 18.8 Å². The highest BCUT2D eigenvalue weighted by Gasteiger charge is 2.12. The van der Waals surface area contributed by atoms with Gasteiger partial charge in [-0.25, -0.2) is 4.39 Å². The molecule has 0 aliphatic heterocycles.